The van der Waals surface area contributed by atoms with Crippen molar-refractivity contribution in [1.29, 1.82) is 5.26 Å². The van der Waals surface area contributed by atoms with E-state index >= 15 is 0 Å². The normalized spacial score (nSPS) is 22.2. The van der Waals surface area contributed by atoms with Crippen LogP contribution in [0.2, 0.25) is 5.02 Å². The third kappa shape index (κ3) is 8.64. The second kappa shape index (κ2) is 18.6. The van der Waals surface area contributed by atoms with Crippen LogP contribution in [0.25, 0.3) is 11.1 Å². The van der Waals surface area contributed by atoms with E-state index in [0.717, 1.165) is 93.0 Å². The Morgan fingerprint density at radius 3 is 2.37 bits per heavy atom. The minimum absolute atomic E-state index is 0.0120. The van der Waals surface area contributed by atoms with Gasteiger partial charge in [-0.2, -0.15) is 15.5 Å². The van der Waals surface area contributed by atoms with Crippen LogP contribution in [0.3, 0.4) is 0 Å². The number of ether oxygens (including phenoxy) is 1. The molecular weight excluding hydrogens is 914 g/mol. The molecule has 2 amide bonds. The van der Waals surface area contributed by atoms with E-state index in [1.165, 1.54) is 0 Å². The molecule has 3 fully saturated rings. The molecule has 1 unspecified atom stereocenters. The van der Waals surface area contributed by atoms with Gasteiger partial charge in [-0.1, -0.05) is 39.3 Å². The van der Waals surface area contributed by atoms with Gasteiger partial charge in [0.2, 0.25) is 11.9 Å². The summed E-state index contributed by atoms with van der Waals surface area (Å²) in [6, 6.07) is 11.0. The van der Waals surface area contributed by atoms with Crippen molar-refractivity contribution in [3.63, 3.8) is 0 Å². The standard InChI is InChI=1S/C52H61ClF2N12O3/c1-31(68)64-20-15-43-41(30-64)46(66-17-7-9-32-21-39(35-27-59-62(6)28-35)40(45(54)55)23-44(32)66)61-67(43)36-13-18-63(19-14-36)37-10-8-16-65(29-37)50-57-25-34(26-58-50)47(69)60-48-51(2,3)49(52(48,4)5)70-38-12-11-33(24-56)42(53)22-38/h11-12,21-23,25-28,36-37,45,48-49H,7-10,13-20,29-30H2,1-6H3,(H,60,69). The molecule has 1 saturated carbocycles. The summed E-state index contributed by atoms with van der Waals surface area (Å²) in [6.45, 7) is 15.0. The number of anilines is 3. The summed E-state index contributed by atoms with van der Waals surface area (Å²) < 4.78 is 39.9. The van der Waals surface area contributed by atoms with Crippen LogP contribution in [-0.2, 0) is 31.2 Å². The van der Waals surface area contributed by atoms with Crippen LogP contribution < -0.4 is 19.9 Å². The zero-order valence-corrected chi connectivity index (χ0v) is 41.5. The van der Waals surface area contributed by atoms with Gasteiger partial charge in [0, 0.05) is 135 Å². The van der Waals surface area contributed by atoms with Crippen LogP contribution in [0.1, 0.15) is 117 Å². The first-order chi connectivity index (χ1) is 33.5. The molecule has 368 valence electrons. The van der Waals surface area contributed by atoms with Crippen molar-refractivity contribution < 1.29 is 23.1 Å². The predicted molar refractivity (Wildman–Crippen MR) is 262 cm³/mol. The maximum atomic E-state index is 14.8. The summed E-state index contributed by atoms with van der Waals surface area (Å²) in [5.74, 6) is 1.73. The Bertz CT molecular complexity index is 2830. The molecule has 5 aliphatic rings. The van der Waals surface area contributed by atoms with E-state index in [0.29, 0.717) is 71.1 Å². The maximum Gasteiger partial charge on any atom is 0.264 e. The third-order valence-corrected chi connectivity index (χ3v) is 16.1. The Morgan fingerprint density at radius 2 is 1.70 bits per heavy atom. The molecule has 10 rings (SSSR count). The second-order valence-electron chi connectivity index (χ2n) is 21.0. The van der Waals surface area contributed by atoms with Gasteiger partial charge in [0.1, 0.15) is 17.9 Å². The zero-order chi connectivity index (χ0) is 49.2. The number of alkyl halides is 2. The van der Waals surface area contributed by atoms with Crippen LogP contribution in [-0.4, -0.2) is 109 Å². The number of aromatic nitrogens is 6. The highest BCUT2D eigenvalue weighted by molar-refractivity contribution is 6.31. The number of carbonyl (C=O) groups is 2. The van der Waals surface area contributed by atoms with Crippen molar-refractivity contribution in [3.05, 3.63) is 93.7 Å². The lowest BCUT2D eigenvalue weighted by Gasteiger charge is -2.63. The third-order valence-electron chi connectivity index (χ3n) is 15.8. The SMILES string of the molecule is CC(=O)N1CCc2c(c(N3CCCc4cc(-c5cnn(C)c5)c(C(F)F)cc43)nn2C2CCN(C3CCCN(c4ncc(C(=O)NC5C(C)(C)C(Oc6ccc(C#N)c(Cl)c6)C5(C)C)cn4)C3)CC2)C1. The number of hydrogen-bond donors (Lipinski definition) is 1. The molecule has 70 heavy (non-hydrogen) atoms. The smallest absolute Gasteiger partial charge is 0.264 e. The van der Waals surface area contributed by atoms with Crippen molar-refractivity contribution in [2.24, 2.45) is 17.9 Å². The Hall–Kier alpha value is -6.12. The Balaban J connectivity index is 0.797. The Labute approximate surface area is 412 Å². The van der Waals surface area contributed by atoms with Crippen molar-refractivity contribution in [1.82, 2.24) is 44.6 Å². The van der Waals surface area contributed by atoms with E-state index in [1.54, 1.807) is 67.7 Å². The van der Waals surface area contributed by atoms with Gasteiger partial charge in [-0.05, 0) is 73.9 Å². The monoisotopic (exact) mass is 974 g/mol. The van der Waals surface area contributed by atoms with Gasteiger partial charge >= 0.3 is 0 Å². The van der Waals surface area contributed by atoms with Gasteiger partial charge in [-0.25, -0.2) is 18.7 Å². The summed E-state index contributed by atoms with van der Waals surface area (Å²) in [4.78, 5) is 44.6. The van der Waals surface area contributed by atoms with E-state index in [2.05, 4.69) is 63.6 Å². The molecule has 2 aromatic carbocycles. The first-order valence-corrected chi connectivity index (χ1v) is 24.9. The summed E-state index contributed by atoms with van der Waals surface area (Å²) in [5.41, 5.74) is 5.03. The van der Waals surface area contributed by atoms with Crippen molar-refractivity contribution in [2.75, 3.05) is 49.1 Å². The number of nitrogens with one attached hydrogen (secondary N) is 1. The molecule has 18 heteroatoms. The molecular formula is C52H61ClF2N12O3. The quantitative estimate of drug-likeness (QED) is 0.144. The van der Waals surface area contributed by atoms with Gasteiger partial charge in [0.25, 0.3) is 12.3 Å². The molecule has 0 radical (unpaired) electrons. The molecule has 15 nitrogen and oxygen atoms in total. The fraction of sp³-hybridized carbons (Fsp3) is 0.519. The second-order valence-corrected chi connectivity index (χ2v) is 21.4. The number of halogens is 3. The van der Waals surface area contributed by atoms with Crippen molar-refractivity contribution >= 4 is 40.9 Å². The number of fused-ring (bicyclic) bond motifs is 2. The van der Waals surface area contributed by atoms with Crippen LogP contribution >= 0.6 is 11.6 Å². The molecule has 2 saturated heterocycles. The van der Waals surface area contributed by atoms with Gasteiger partial charge in [-0.15, -0.1) is 0 Å². The number of hydrogen-bond acceptors (Lipinski definition) is 11. The first kappa shape index (κ1) is 47.6. The molecule has 1 N–H and O–H groups in total. The molecule has 0 bridgehead atoms. The Morgan fingerprint density at radius 1 is 0.943 bits per heavy atom. The average Bonchev–Trinajstić information content (AvgIpc) is 3.97. The molecule has 0 spiro atoms. The van der Waals surface area contributed by atoms with Crippen LogP contribution in [0.4, 0.5) is 26.2 Å². The van der Waals surface area contributed by atoms with Crippen LogP contribution in [0, 0.1) is 22.2 Å². The van der Waals surface area contributed by atoms with Crippen LogP contribution in [0.5, 0.6) is 5.75 Å². The molecule has 1 atom stereocenters. The van der Waals surface area contributed by atoms with Crippen LogP contribution in [0.15, 0.2) is 55.1 Å². The first-order valence-electron chi connectivity index (χ1n) is 24.6. The summed E-state index contributed by atoms with van der Waals surface area (Å²) in [7, 11) is 1.79. The Kier molecular flexibility index (Phi) is 12.6. The number of likely N-dealkylation sites (tertiary alicyclic amines) is 1. The largest absolute Gasteiger partial charge is 0.489 e. The molecule has 4 aliphatic heterocycles. The van der Waals surface area contributed by atoms with E-state index in [9.17, 15) is 23.6 Å². The number of rotatable bonds is 10. The lowest BCUT2D eigenvalue weighted by Crippen LogP contribution is -2.74. The fourth-order valence-corrected chi connectivity index (χ4v) is 12.6. The van der Waals surface area contributed by atoms with Crippen molar-refractivity contribution in [2.45, 2.75) is 117 Å². The number of carbonyl (C=O) groups excluding carboxylic acids is 2. The zero-order valence-electron chi connectivity index (χ0n) is 40.8. The van der Waals surface area contributed by atoms with Gasteiger partial charge in [0.05, 0.1) is 34.9 Å². The number of nitriles is 1. The van der Waals surface area contributed by atoms with E-state index in [4.69, 9.17) is 31.4 Å². The molecule has 7 heterocycles. The maximum absolute atomic E-state index is 14.8. The predicted octanol–water partition coefficient (Wildman–Crippen LogP) is 8.44. The summed E-state index contributed by atoms with van der Waals surface area (Å²) in [6.07, 6.45) is 9.94. The number of amides is 2. The van der Waals surface area contributed by atoms with Crippen molar-refractivity contribution in [3.8, 4) is 22.9 Å². The highest BCUT2D eigenvalue weighted by atomic mass is 35.5. The number of nitrogens with zero attached hydrogens (tertiary/aromatic N) is 11. The van der Waals surface area contributed by atoms with E-state index in [1.807, 2.05) is 11.0 Å². The minimum atomic E-state index is -2.67. The minimum Gasteiger partial charge on any atom is -0.489 e. The van der Waals surface area contributed by atoms with Gasteiger partial charge in [0.15, 0.2) is 5.82 Å². The van der Waals surface area contributed by atoms with E-state index < -0.39 is 17.3 Å². The lowest BCUT2D eigenvalue weighted by molar-refractivity contribution is -0.164. The van der Waals surface area contributed by atoms with E-state index in [-0.39, 0.29) is 35.6 Å². The topological polar surface area (TPSA) is 154 Å². The lowest BCUT2D eigenvalue weighted by atomic mass is 9.49. The number of aryl methyl sites for hydroxylation is 2. The highest BCUT2D eigenvalue weighted by Crippen LogP contribution is 2.56. The molecule has 1 aliphatic carbocycles. The number of piperidine rings is 2. The van der Waals surface area contributed by atoms with Gasteiger partial charge < -0.3 is 24.8 Å². The summed E-state index contributed by atoms with van der Waals surface area (Å²) >= 11 is 6.29. The molecule has 3 aromatic heterocycles. The fourth-order valence-electron chi connectivity index (χ4n) is 12.4. The summed E-state index contributed by atoms with van der Waals surface area (Å²) in [5, 5.41) is 22.5. The average molecular weight is 976 g/mol. The molecule has 5 aromatic rings. The highest BCUT2D eigenvalue weighted by Gasteiger charge is 2.64. The van der Waals surface area contributed by atoms with Gasteiger partial charge in [-0.3, -0.25) is 23.9 Å². The number of benzene rings is 2.